The molecule has 18 heavy (non-hydrogen) atoms. The summed E-state index contributed by atoms with van der Waals surface area (Å²) in [5.41, 5.74) is 0.0815. The van der Waals surface area contributed by atoms with Crippen LogP contribution in [0.2, 0.25) is 0 Å². The molecule has 0 amide bonds. The van der Waals surface area contributed by atoms with E-state index in [4.69, 9.17) is 19.3 Å². The first-order chi connectivity index (χ1) is 8.58. The summed E-state index contributed by atoms with van der Waals surface area (Å²) >= 11 is 0. The first-order valence-electron chi connectivity index (χ1n) is 5.52. The molecule has 6 heteroatoms. The number of carbonyl (C=O) groups is 1. The number of hydrogen-bond acceptors (Lipinski definition) is 5. The van der Waals surface area contributed by atoms with Gasteiger partial charge in [-0.1, -0.05) is 0 Å². The van der Waals surface area contributed by atoms with Crippen LogP contribution >= 0.6 is 0 Å². The van der Waals surface area contributed by atoms with Gasteiger partial charge in [-0.15, -0.1) is 0 Å². The predicted octanol–water partition coefficient (Wildman–Crippen LogP) is 1.05. The molecule has 6 nitrogen and oxygen atoms in total. The zero-order chi connectivity index (χ0) is 13.1. The first-order valence-corrected chi connectivity index (χ1v) is 5.52. The SMILES string of the molecule is CN(C)CCOc1cc2c(cc1C(=O)O)OCO2. The Morgan fingerprint density at radius 1 is 1.39 bits per heavy atom. The number of rotatable bonds is 5. The van der Waals surface area contributed by atoms with E-state index in [1.807, 2.05) is 19.0 Å². The summed E-state index contributed by atoms with van der Waals surface area (Å²) in [5.74, 6) is 0.203. The van der Waals surface area contributed by atoms with Gasteiger partial charge in [0.05, 0.1) is 0 Å². The summed E-state index contributed by atoms with van der Waals surface area (Å²) in [4.78, 5) is 13.1. The number of hydrogen-bond donors (Lipinski definition) is 1. The van der Waals surface area contributed by atoms with Crippen molar-refractivity contribution in [3.63, 3.8) is 0 Å². The minimum Gasteiger partial charge on any atom is -0.491 e. The van der Waals surface area contributed by atoms with Gasteiger partial charge in [-0.2, -0.15) is 0 Å². The summed E-state index contributed by atoms with van der Waals surface area (Å²) in [5, 5.41) is 9.12. The molecule has 0 bridgehead atoms. The average Bonchev–Trinajstić information content (AvgIpc) is 2.74. The van der Waals surface area contributed by atoms with E-state index in [1.165, 1.54) is 6.07 Å². The quantitative estimate of drug-likeness (QED) is 0.846. The van der Waals surface area contributed by atoms with Crippen LogP contribution in [0.1, 0.15) is 10.4 Å². The summed E-state index contributed by atoms with van der Waals surface area (Å²) in [6, 6.07) is 2.98. The van der Waals surface area contributed by atoms with Crippen LogP contribution in [0.4, 0.5) is 0 Å². The molecule has 0 aromatic heterocycles. The minimum absolute atomic E-state index is 0.0815. The molecule has 1 aromatic carbocycles. The van der Waals surface area contributed by atoms with E-state index in [0.717, 1.165) is 0 Å². The molecule has 1 aromatic rings. The molecule has 0 saturated heterocycles. The highest BCUT2D eigenvalue weighted by molar-refractivity contribution is 5.92. The molecule has 1 heterocycles. The summed E-state index contributed by atoms with van der Waals surface area (Å²) in [7, 11) is 3.84. The molecule has 1 aliphatic heterocycles. The predicted molar refractivity (Wildman–Crippen MR) is 63.6 cm³/mol. The van der Waals surface area contributed by atoms with Gasteiger partial charge in [-0.25, -0.2) is 4.79 Å². The molecule has 1 aliphatic rings. The fourth-order valence-electron chi connectivity index (χ4n) is 1.55. The molecule has 0 spiro atoms. The van der Waals surface area contributed by atoms with Crippen molar-refractivity contribution in [3.05, 3.63) is 17.7 Å². The van der Waals surface area contributed by atoms with Gasteiger partial charge in [0.25, 0.3) is 0 Å². The second-order valence-corrected chi connectivity index (χ2v) is 4.16. The molecule has 0 radical (unpaired) electrons. The molecule has 0 fully saturated rings. The minimum atomic E-state index is -1.05. The first kappa shape index (κ1) is 12.5. The molecular weight excluding hydrogens is 238 g/mol. The van der Waals surface area contributed by atoms with Crippen LogP contribution in [-0.2, 0) is 0 Å². The largest absolute Gasteiger partial charge is 0.491 e. The number of aromatic carboxylic acids is 1. The molecule has 2 rings (SSSR count). The lowest BCUT2D eigenvalue weighted by Gasteiger charge is -2.13. The molecule has 0 unspecified atom stereocenters. The second-order valence-electron chi connectivity index (χ2n) is 4.16. The lowest BCUT2D eigenvalue weighted by atomic mass is 10.2. The normalized spacial score (nSPS) is 12.8. The smallest absolute Gasteiger partial charge is 0.339 e. The molecular formula is C12H15NO5. The fraction of sp³-hybridized carbons (Fsp3) is 0.417. The van der Waals surface area contributed by atoms with E-state index in [2.05, 4.69) is 0 Å². The Morgan fingerprint density at radius 2 is 2.06 bits per heavy atom. The third-order valence-corrected chi connectivity index (χ3v) is 2.50. The van der Waals surface area contributed by atoms with Gasteiger partial charge in [0.15, 0.2) is 11.5 Å². The Kier molecular flexibility index (Phi) is 3.57. The number of carboxylic acids is 1. The van der Waals surface area contributed by atoms with Crippen LogP contribution in [0.5, 0.6) is 17.2 Å². The monoisotopic (exact) mass is 253 g/mol. The van der Waals surface area contributed by atoms with Crippen LogP contribution in [-0.4, -0.2) is 50.0 Å². The third-order valence-electron chi connectivity index (χ3n) is 2.50. The second kappa shape index (κ2) is 5.14. The summed E-state index contributed by atoms with van der Waals surface area (Å²) < 4.78 is 15.8. The van der Waals surface area contributed by atoms with Gasteiger partial charge in [-0.05, 0) is 14.1 Å². The lowest BCUT2D eigenvalue weighted by Crippen LogP contribution is -2.20. The molecule has 0 atom stereocenters. The van der Waals surface area contributed by atoms with E-state index in [0.29, 0.717) is 30.4 Å². The van der Waals surface area contributed by atoms with E-state index in [-0.39, 0.29) is 12.4 Å². The van der Waals surface area contributed by atoms with E-state index in [9.17, 15) is 4.79 Å². The number of nitrogens with zero attached hydrogens (tertiary/aromatic N) is 1. The van der Waals surface area contributed by atoms with E-state index in [1.54, 1.807) is 6.07 Å². The third kappa shape index (κ3) is 2.65. The molecule has 1 N–H and O–H groups in total. The Labute approximate surface area is 105 Å². The van der Waals surface area contributed by atoms with Gasteiger partial charge in [-0.3, -0.25) is 0 Å². The Morgan fingerprint density at radius 3 is 2.67 bits per heavy atom. The van der Waals surface area contributed by atoms with Gasteiger partial charge in [0.2, 0.25) is 6.79 Å². The highest BCUT2D eigenvalue weighted by Crippen LogP contribution is 2.38. The summed E-state index contributed by atoms with van der Waals surface area (Å²) in [6.07, 6.45) is 0. The number of likely N-dealkylation sites (N-methyl/N-ethyl adjacent to an activating group) is 1. The maximum atomic E-state index is 11.1. The van der Waals surface area contributed by atoms with Crippen LogP contribution in [0.15, 0.2) is 12.1 Å². The Balaban J connectivity index is 2.19. The Hall–Kier alpha value is -1.95. The lowest BCUT2D eigenvalue weighted by molar-refractivity contribution is 0.0691. The number of carboxylic acid groups (broad SMARTS) is 1. The van der Waals surface area contributed by atoms with E-state index >= 15 is 0 Å². The highest BCUT2D eigenvalue weighted by atomic mass is 16.7. The van der Waals surface area contributed by atoms with Crippen LogP contribution in [0.3, 0.4) is 0 Å². The standard InChI is InChI=1S/C12H15NO5/c1-13(2)3-4-16-9-6-11-10(17-7-18-11)5-8(9)12(14)15/h5-6H,3-4,7H2,1-2H3,(H,14,15). The van der Waals surface area contributed by atoms with E-state index < -0.39 is 5.97 Å². The summed E-state index contributed by atoms with van der Waals surface area (Å²) in [6.45, 7) is 1.22. The van der Waals surface area contributed by atoms with Crippen molar-refractivity contribution in [1.82, 2.24) is 4.90 Å². The molecule has 98 valence electrons. The molecule has 0 saturated carbocycles. The Bertz CT molecular complexity index is 458. The van der Waals surface area contributed by atoms with Gasteiger partial charge in [0, 0.05) is 18.7 Å². The van der Waals surface area contributed by atoms with Crippen molar-refractivity contribution in [2.75, 3.05) is 34.0 Å². The van der Waals surface area contributed by atoms with Gasteiger partial charge in [0.1, 0.15) is 17.9 Å². The van der Waals surface area contributed by atoms with Crippen LogP contribution in [0, 0.1) is 0 Å². The van der Waals surface area contributed by atoms with Crippen molar-refractivity contribution in [3.8, 4) is 17.2 Å². The van der Waals surface area contributed by atoms with Gasteiger partial charge >= 0.3 is 5.97 Å². The number of ether oxygens (including phenoxy) is 3. The van der Waals surface area contributed by atoms with Crippen molar-refractivity contribution in [1.29, 1.82) is 0 Å². The number of fused-ring (bicyclic) bond motifs is 1. The van der Waals surface area contributed by atoms with Crippen molar-refractivity contribution in [2.24, 2.45) is 0 Å². The molecule has 0 aliphatic carbocycles. The topological polar surface area (TPSA) is 68.2 Å². The van der Waals surface area contributed by atoms with Crippen LogP contribution in [0.25, 0.3) is 0 Å². The fourth-order valence-corrected chi connectivity index (χ4v) is 1.55. The maximum Gasteiger partial charge on any atom is 0.339 e. The van der Waals surface area contributed by atoms with Crippen LogP contribution < -0.4 is 14.2 Å². The average molecular weight is 253 g/mol. The zero-order valence-corrected chi connectivity index (χ0v) is 10.3. The van der Waals surface area contributed by atoms with Crippen molar-refractivity contribution >= 4 is 5.97 Å². The highest BCUT2D eigenvalue weighted by Gasteiger charge is 2.21. The van der Waals surface area contributed by atoms with Crippen molar-refractivity contribution < 1.29 is 24.1 Å². The zero-order valence-electron chi connectivity index (χ0n) is 10.3. The van der Waals surface area contributed by atoms with Crippen molar-refractivity contribution in [2.45, 2.75) is 0 Å². The maximum absolute atomic E-state index is 11.1. The van der Waals surface area contributed by atoms with Gasteiger partial charge < -0.3 is 24.2 Å². The number of benzene rings is 1.